The first-order valence-corrected chi connectivity index (χ1v) is 16.0. The Morgan fingerprint density at radius 3 is 2.49 bits per heavy atom. The molecule has 3 N–H and O–H groups in total. The summed E-state index contributed by atoms with van der Waals surface area (Å²) in [4.78, 5) is 19.8. The Morgan fingerprint density at radius 1 is 1.20 bits per heavy atom. The topological polar surface area (TPSA) is 141 Å². The van der Waals surface area contributed by atoms with Crippen LogP contribution in [0.3, 0.4) is 0 Å². The third-order valence-corrected chi connectivity index (χ3v) is 11.0. The Balaban J connectivity index is 1.68. The van der Waals surface area contributed by atoms with E-state index in [2.05, 4.69) is 0 Å². The summed E-state index contributed by atoms with van der Waals surface area (Å²) in [6.07, 6.45) is -1.31. The van der Waals surface area contributed by atoms with E-state index >= 15 is 0 Å². The molecule has 0 spiro atoms. The molecule has 0 bridgehead atoms. The molecule has 0 saturated carbocycles. The van der Waals surface area contributed by atoms with Crippen molar-refractivity contribution in [3.63, 3.8) is 0 Å². The fourth-order valence-corrected chi connectivity index (χ4v) is 8.67. The van der Waals surface area contributed by atoms with E-state index in [9.17, 15) is 35.9 Å². The number of hydrogen-bond acceptors (Lipinski definition) is 6. The second kappa shape index (κ2) is 11.7. The molecular weight excluding hydrogens is 626 g/mol. The zero-order valence-electron chi connectivity index (χ0n) is 21.0. The van der Waals surface area contributed by atoms with Crippen LogP contribution in [0.1, 0.15) is 28.0 Å². The van der Waals surface area contributed by atoms with E-state index in [1.807, 2.05) is 39.9 Å². The standard InChI is InChI=1S/C25H20ClF3N3O6PS2/c1-15-19-12-18(38-10-9-32-7-3-2-4-8-32)13-21(26)22(19)40-24(15)41(36,37)31-23(39(33,34)35)16-5-6-17(14-30)20(11-16)25(27,28)29/h2-8,11-13,23,31H,9-10H2,1H3,(H-,33,34,35)/p+1. The number of sulfonamides is 1. The van der Waals surface area contributed by atoms with Crippen LogP contribution < -0.4 is 14.0 Å². The van der Waals surface area contributed by atoms with Gasteiger partial charge in [-0.25, -0.2) is 13.0 Å². The fraction of sp³-hybridized carbons (Fsp3) is 0.200. The van der Waals surface area contributed by atoms with Crippen molar-refractivity contribution < 1.29 is 45.2 Å². The molecule has 216 valence electrons. The minimum absolute atomic E-state index is 0.174. The smallest absolute Gasteiger partial charge is 0.417 e. The molecule has 0 amide bonds. The molecule has 4 aromatic rings. The average Bonchev–Trinajstić information content (AvgIpc) is 3.24. The number of nitriles is 1. The molecule has 0 aliphatic heterocycles. The van der Waals surface area contributed by atoms with E-state index < -0.39 is 46.3 Å². The van der Waals surface area contributed by atoms with Gasteiger partial charge in [-0.3, -0.25) is 4.57 Å². The van der Waals surface area contributed by atoms with Crippen molar-refractivity contribution in [2.75, 3.05) is 6.61 Å². The lowest BCUT2D eigenvalue weighted by atomic mass is 10.0. The van der Waals surface area contributed by atoms with Crippen molar-refractivity contribution in [3.05, 3.63) is 88.2 Å². The summed E-state index contributed by atoms with van der Waals surface area (Å²) in [7, 11) is -10.1. The Morgan fingerprint density at radius 2 is 1.88 bits per heavy atom. The summed E-state index contributed by atoms with van der Waals surface area (Å²) >= 11 is 7.14. The Bertz CT molecular complexity index is 1810. The van der Waals surface area contributed by atoms with Crippen LogP contribution in [0.4, 0.5) is 13.2 Å². The molecular formula is C25H21ClF3N3O6PS2+. The van der Waals surface area contributed by atoms with E-state index in [0.29, 0.717) is 28.4 Å². The monoisotopic (exact) mass is 646 g/mol. The molecule has 1 atom stereocenters. The van der Waals surface area contributed by atoms with Crippen LogP contribution >= 0.6 is 30.5 Å². The third kappa shape index (κ3) is 6.90. The van der Waals surface area contributed by atoms with Gasteiger partial charge in [0.15, 0.2) is 18.9 Å². The molecule has 0 saturated heterocycles. The highest BCUT2D eigenvalue weighted by Gasteiger charge is 2.39. The summed E-state index contributed by atoms with van der Waals surface area (Å²) < 4.78 is 89.1. The quantitative estimate of drug-likeness (QED) is 0.166. The summed E-state index contributed by atoms with van der Waals surface area (Å²) in [5.74, 6) is -2.00. The van der Waals surface area contributed by atoms with Gasteiger partial charge in [0.1, 0.15) is 22.3 Å². The molecule has 0 radical (unpaired) electrons. The van der Waals surface area contributed by atoms with E-state index in [-0.39, 0.29) is 21.4 Å². The van der Waals surface area contributed by atoms with Crippen LogP contribution in [-0.2, 0) is 27.3 Å². The SMILES string of the molecule is Cc1c(S(=O)(=O)NC(c2ccc(C#N)c(C(F)(F)F)c2)P(=O)(O)O)sc2c(Cl)cc(OCC[n+]3ccccc3)cc12. The van der Waals surface area contributed by atoms with E-state index in [4.69, 9.17) is 21.6 Å². The molecule has 4 rings (SSSR count). The van der Waals surface area contributed by atoms with Crippen LogP contribution in [0.25, 0.3) is 10.1 Å². The van der Waals surface area contributed by atoms with Crippen LogP contribution in [0.5, 0.6) is 5.75 Å². The number of pyridine rings is 1. The number of nitrogens with zero attached hydrogens (tertiary/aromatic N) is 2. The first-order chi connectivity index (χ1) is 19.1. The zero-order chi connectivity index (χ0) is 30.2. The van der Waals surface area contributed by atoms with Gasteiger partial charge in [-0.05, 0) is 36.2 Å². The number of rotatable bonds is 9. The Labute approximate surface area is 241 Å². The molecule has 0 aliphatic carbocycles. The maximum atomic E-state index is 13.5. The Hall–Kier alpha value is -3.02. The summed E-state index contributed by atoms with van der Waals surface area (Å²) in [6.45, 7) is 2.27. The second-order valence-corrected chi connectivity index (χ2v) is 13.8. The van der Waals surface area contributed by atoms with E-state index in [1.165, 1.54) is 19.1 Å². The van der Waals surface area contributed by atoms with Crippen LogP contribution in [0.15, 0.2) is 65.1 Å². The molecule has 1 unspecified atom stereocenters. The lowest BCUT2D eigenvalue weighted by Crippen LogP contribution is -2.35. The van der Waals surface area contributed by atoms with Crippen molar-refractivity contribution in [1.29, 1.82) is 5.26 Å². The number of benzene rings is 2. The minimum atomic E-state index is -5.40. The minimum Gasteiger partial charge on any atom is -0.487 e. The molecule has 0 fully saturated rings. The number of hydrogen-bond donors (Lipinski definition) is 3. The van der Waals surface area contributed by atoms with Crippen molar-refractivity contribution in [3.8, 4) is 11.8 Å². The normalized spacial score (nSPS) is 13.2. The Kier molecular flexibility index (Phi) is 8.82. The van der Waals surface area contributed by atoms with Crippen molar-refractivity contribution >= 4 is 50.6 Å². The number of fused-ring (bicyclic) bond motifs is 1. The van der Waals surface area contributed by atoms with Crippen LogP contribution in [0.2, 0.25) is 5.02 Å². The van der Waals surface area contributed by atoms with E-state index in [0.717, 1.165) is 23.5 Å². The van der Waals surface area contributed by atoms with Gasteiger partial charge in [-0.2, -0.15) is 23.2 Å². The molecule has 41 heavy (non-hydrogen) atoms. The predicted molar refractivity (Wildman–Crippen MR) is 145 cm³/mol. The van der Waals surface area contributed by atoms with Gasteiger partial charge >= 0.3 is 13.8 Å². The lowest BCUT2D eigenvalue weighted by Gasteiger charge is -2.21. The molecule has 16 heteroatoms. The van der Waals surface area contributed by atoms with E-state index in [1.54, 1.807) is 6.07 Å². The van der Waals surface area contributed by atoms with Gasteiger partial charge in [0.05, 0.1) is 26.9 Å². The highest BCUT2D eigenvalue weighted by molar-refractivity contribution is 7.92. The molecule has 2 heterocycles. The zero-order valence-corrected chi connectivity index (χ0v) is 24.2. The van der Waals surface area contributed by atoms with Crippen molar-refractivity contribution in [1.82, 2.24) is 4.72 Å². The highest BCUT2D eigenvalue weighted by Crippen LogP contribution is 2.52. The number of ether oxygens (including phenoxy) is 1. The van der Waals surface area contributed by atoms with Crippen LogP contribution in [-0.4, -0.2) is 24.8 Å². The number of aryl methyl sites for hydroxylation is 1. The van der Waals surface area contributed by atoms with Gasteiger partial charge in [0.25, 0.3) is 10.0 Å². The first-order valence-electron chi connectivity index (χ1n) is 11.6. The molecule has 9 nitrogen and oxygen atoms in total. The maximum Gasteiger partial charge on any atom is 0.417 e. The maximum absolute atomic E-state index is 13.5. The van der Waals surface area contributed by atoms with Crippen LogP contribution in [0, 0.1) is 18.3 Å². The summed E-state index contributed by atoms with van der Waals surface area (Å²) in [6, 6.07) is 12.0. The third-order valence-electron chi connectivity index (χ3n) is 5.95. The van der Waals surface area contributed by atoms with Crippen molar-refractivity contribution in [2.24, 2.45) is 0 Å². The molecule has 2 aromatic carbocycles. The average molecular weight is 647 g/mol. The molecule has 0 aliphatic rings. The summed E-state index contributed by atoms with van der Waals surface area (Å²) in [5, 5.41) is 9.60. The van der Waals surface area contributed by atoms with Crippen molar-refractivity contribution in [2.45, 2.75) is 29.6 Å². The van der Waals surface area contributed by atoms with Gasteiger partial charge in [-0.1, -0.05) is 23.7 Å². The lowest BCUT2D eigenvalue weighted by molar-refractivity contribution is -0.697. The van der Waals surface area contributed by atoms with Gasteiger partial charge < -0.3 is 14.5 Å². The number of aromatic nitrogens is 1. The van der Waals surface area contributed by atoms with Gasteiger partial charge in [0.2, 0.25) is 0 Å². The predicted octanol–water partition coefficient (Wildman–Crippen LogP) is 5.27. The fourth-order valence-electron chi connectivity index (χ4n) is 4.02. The van der Waals surface area contributed by atoms with Gasteiger partial charge in [-0.15, -0.1) is 11.3 Å². The number of nitrogens with one attached hydrogen (secondary N) is 1. The number of alkyl halides is 3. The number of thiophene rings is 1. The largest absolute Gasteiger partial charge is 0.487 e. The second-order valence-electron chi connectivity index (χ2n) is 8.79. The first kappa shape index (κ1) is 30.9. The number of halogens is 4. The van der Waals surface area contributed by atoms with Gasteiger partial charge in [0, 0.05) is 23.6 Å². The summed E-state index contributed by atoms with van der Waals surface area (Å²) in [5.41, 5.74) is -2.72. The molecule has 2 aromatic heterocycles. The highest BCUT2D eigenvalue weighted by atomic mass is 35.5.